The number of hydrogen-bond donors (Lipinski definition) is 1. The van der Waals surface area contributed by atoms with Crippen LogP contribution in [-0.2, 0) is 6.42 Å². The average Bonchev–Trinajstić information content (AvgIpc) is 2.42. The van der Waals surface area contributed by atoms with Gasteiger partial charge >= 0.3 is 0 Å². The number of hydrogen-bond acceptors (Lipinski definition) is 1. The van der Waals surface area contributed by atoms with E-state index >= 15 is 0 Å². The van der Waals surface area contributed by atoms with Gasteiger partial charge in [-0.15, -0.1) is 0 Å². The zero-order chi connectivity index (χ0) is 13.8. The fourth-order valence-corrected chi connectivity index (χ4v) is 2.36. The van der Waals surface area contributed by atoms with Crippen LogP contribution in [0.15, 0.2) is 42.5 Å². The van der Waals surface area contributed by atoms with Crippen LogP contribution >= 0.6 is 0 Å². The summed E-state index contributed by atoms with van der Waals surface area (Å²) in [6.45, 7) is 7.20. The van der Waals surface area contributed by atoms with Crippen LogP contribution in [0.3, 0.4) is 0 Å². The minimum atomic E-state index is 0.440. The van der Waals surface area contributed by atoms with Crippen molar-refractivity contribution in [1.29, 1.82) is 0 Å². The average molecular weight is 253 g/mol. The molecule has 2 N–H and O–H groups in total. The Bertz CT molecular complexity index is 540. The predicted octanol–water partition coefficient (Wildman–Crippen LogP) is 3.96. The first-order valence-corrected chi connectivity index (χ1v) is 6.95. The van der Waals surface area contributed by atoms with Crippen LogP contribution in [0.25, 0.3) is 0 Å². The molecule has 0 fully saturated rings. The Morgan fingerprint density at radius 2 is 1.68 bits per heavy atom. The third kappa shape index (κ3) is 3.45. The van der Waals surface area contributed by atoms with Crippen molar-refractivity contribution in [2.24, 2.45) is 5.73 Å². The molecule has 2 rings (SSSR count). The molecule has 0 radical (unpaired) electrons. The minimum absolute atomic E-state index is 0.440. The lowest BCUT2D eigenvalue weighted by Crippen LogP contribution is -2.08. The second-order valence-electron chi connectivity index (χ2n) is 5.49. The number of rotatable bonds is 4. The van der Waals surface area contributed by atoms with Gasteiger partial charge in [0.2, 0.25) is 0 Å². The molecule has 0 saturated heterocycles. The quantitative estimate of drug-likeness (QED) is 0.877. The smallest absolute Gasteiger partial charge is 0.00109 e. The zero-order valence-electron chi connectivity index (χ0n) is 12.1. The molecule has 0 aliphatic heterocycles. The summed E-state index contributed by atoms with van der Waals surface area (Å²) in [7, 11) is 0. The van der Waals surface area contributed by atoms with Crippen LogP contribution in [0, 0.1) is 13.8 Å². The third-order valence-corrected chi connectivity index (χ3v) is 3.79. The molecule has 0 amide bonds. The van der Waals surface area contributed by atoms with E-state index in [1.165, 1.54) is 27.8 Å². The van der Waals surface area contributed by atoms with Gasteiger partial charge in [0.15, 0.2) is 0 Å². The van der Waals surface area contributed by atoms with Gasteiger partial charge in [-0.3, -0.25) is 0 Å². The van der Waals surface area contributed by atoms with Gasteiger partial charge in [-0.1, -0.05) is 55.0 Å². The molecule has 0 aromatic heterocycles. The van der Waals surface area contributed by atoms with E-state index < -0.39 is 0 Å². The van der Waals surface area contributed by atoms with E-state index in [-0.39, 0.29) is 0 Å². The van der Waals surface area contributed by atoms with E-state index in [1.807, 2.05) is 0 Å². The Balaban J connectivity index is 2.15. The van der Waals surface area contributed by atoms with Crippen molar-refractivity contribution in [2.75, 3.05) is 6.54 Å². The standard InChI is InChI=1S/C18H23N/c1-13-4-7-18(14(2)10-13)11-16-5-8-17(9-6-16)15(3)12-19/h4-10,15H,11-12,19H2,1-3H3. The normalized spacial score (nSPS) is 12.4. The van der Waals surface area contributed by atoms with E-state index in [4.69, 9.17) is 5.73 Å². The molecule has 19 heavy (non-hydrogen) atoms. The summed E-state index contributed by atoms with van der Waals surface area (Å²) in [5, 5.41) is 0. The lowest BCUT2D eigenvalue weighted by Gasteiger charge is -2.11. The van der Waals surface area contributed by atoms with Crippen molar-refractivity contribution >= 4 is 0 Å². The summed E-state index contributed by atoms with van der Waals surface area (Å²) in [6.07, 6.45) is 1.00. The van der Waals surface area contributed by atoms with E-state index in [1.54, 1.807) is 0 Å². The van der Waals surface area contributed by atoms with Gasteiger partial charge in [-0.25, -0.2) is 0 Å². The number of aryl methyl sites for hydroxylation is 2. The van der Waals surface area contributed by atoms with E-state index in [0.717, 1.165) is 6.42 Å². The molecule has 0 saturated carbocycles. The van der Waals surface area contributed by atoms with Crippen LogP contribution in [-0.4, -0.2) is 6.54 Å². The molecular weight excluding hydrogens is 230 g/mol. The highest BCUT2D eigenvalue weighted by atomic mass is 14.5. The molecule has 0 aliphatic carbocycles. The second kappa shape index (κ2) is 6.03. The summed E-state index contributed by atoms with van der Waals surface area (Å²) in [6, 6.07) is 15.5. The first kappa shape index (κ1) is 13.8. The lowest BCUT2D eigenvalue weighted by molar-refractivity contribution is 0.773. The molecule has 0 heterocycles. The van der Waals surface area contributed by atoms with Gasteiger partial charge in [-0.2, -0.15) is 0 Å². The summed E-state index contributed by atoms with van der Waals surface area (Å²) in [5.74, 6) is 0.440. The first-order chi connectivity index (χ1) is 9.10. The van der Waals surface area contributed by atoms with Gasteiger partial charge in [0, 0.05) is 0 Å². The van der Waals surface area contributed by atoms with Crippen LogP contribution in [0.4, 0.5) is 0 Å². The van der Waals surface area contributed by atoms with E-state index in [2.05, 4.69) is 63.2 Å². The van der Waals surface area contributed by atoms with Crippen LogP contribution in [0.2, 0.25) is 0 Å². The highest BCUT2D eigenvalue weighted by Gasteiger charge is 2.04. The molecule has 0 bridgehead atoms. The van der Waals surface area contributed by atoms with Crippen molar-refractivity contribution in [3.63, 3.8) is 0 Å². The van der Waals surface area contributed by atoms with Crippen LogP contribution in [0.5, 0.6) is 0 Å². The monoisotopic (exact) mass is 253 g/mol. The van der Waals surface area contributed by atoms with E-state index in [0.29, 0.717) is 12.5 Å². The zero-order valence-corrected chi connectivity index (χ0v) is 12.1. The molecule has 2 aromatic rings. The van der Waals surface area contributed by atoms with Crippen LogP contribution in [0.1, 0.15) is 40.7 Å². The lowest BCUT2D eigenvalue weighted by atomic mass is 9.96. The molecule has 0 aliphatic rings. The maximum Gasteiger partial charge on any atom is -0.00109 e. The topological polar surface area (TPSA) is 26.0 Å². The Morgan fingerprint density at radius 1 is 1.00 bits per heavy atom. The highest BCUT2D eigenvalue weighted by molar-refractivity contribution is 5.36. The Morgan fingerprint density at radius 3 is 2.26 bits per heavy atom. The van der Waals surface area contributed by atoms with Crippen molar-refractivity contribution in [3.05, 3.63) is 70.3 Å². The fourth-order valence-electron chi connectivity index (χ4n) is 2.36. The van der Waals surface area contributed by atoms with Gasteiger partial charge in [-0.05, 0) is 55.0 Å². The van der Waals surface area contributed by atoms with Crippen molar-refractivity contribution in [3.8, 4) is 0 Å². The molecule has 1 unspecified atom stereocenters. The second-order valence-corrected chi connectivity index (χ2v) is 5.49. The highest BCUT2D eigenvalue weighted by Crippen LogP contribution is 2.18. The number of nitrogens with two attached hydrogens (primary N) is 1. The maximum atomic E-state index is 5.70. The Kier molecular flexibility index (Phi) is 4.39. The minimum Gasteiger partial charge on any atom is -0.330 e. The van der Waals surface area contributed by atoms with E-state index in [9.17, 15) is 0 Å². The number of benzene rings is 2. The van der Waals surface area contributed by atoms with Gasteiger partial charge in [0.05, 0.1) is 0 Å². The van der Waals surface area contributed by atoms with Crippen molar-refractivity contribution < 1.29 is 0 Å². The molecule has 1 nitrogen and oxygen atoms in total. The Labute approximate surface area is 116 Å². The molecule has 0 spiro atoms. The molecule has 1 heteroatoms. The summed E-state index contributed by atoms with van der Waals surface area (Å²) in [5.41, 5.74) is 12.5. The molecule has 100 valence electrons. The summed E-state index contributed by atoms with van der Waals surface area (Å²) >= 11 is 0. The first-order valence-electron chi connectivity index (χ1n) is 6.95. The molecule has 2 aromatic carbocycles. The third-order valence-electron chi connectivity index (χ3n) is 3.79. The van der Waals surface area contributed by atoms with Gasteiger partial charge in [0.25, 0.3) is 0 Å². The molecule has 1 atom stereocenters. The van der Waals surface area contributed by atoms with Gasteiger partial charge < -0.3 is 5.73 Å². The molecular formula is C18H23N. The fraction of sp³-hybridized carbons (Fsp3) is 0.333. The van der Waals surface area contributed by atoms with Crippen LogP contribution < -0.4 is 5.73 Å². The Hall–Kier alpha value is -1.60. The van der Waals surface area contributed by atoms with Gasteiger partial charge in [0.1, 0.15) is 0 Å². The van der Waals surface area contributed by atoms with Crippen molar-refractivity contribution in [2.45, 2.75) is 33.1 Å². The summed E-state index contributed by atoms with van der Waals surface area (Å²) in [4.78, 5) is 0. The maximum absolute atomic E-state index is 5.70. The van der Waals surface area contributed by atoms with Crippen molar-refractivity contribution in [1.82, 2.24) is 0 Å². The SMILES string of the molecule is Cc1ccc(Cc2ccc(C(C)CN)cc2)c(C)c1. The predicted molar refractivity (Wildman–Crippen MR) is 82.6 cm³/mol. The largest absolute Gasteiger partial charge is 0.330 e. The summed E-state index contributed by atoms with van der Waals surface area (Å²) < 4.78 is 0.